The maximum atomic E-state index is 3.64. The monoisotopic (exact) mass is 215 g/mol. The molecule has 1 fully saturated rings. The first kappa shape index (κ1) is 12.4. The molecule has 14 heavy (non-hydrogen) atoms. The second-order valence-corrected chi connectivity index (χ2v) is 6.02. The van der Waals surface area contributed by atoms with Crippen LogP contribution in [0, 0.1) is 5.92 Å². The van der Waals surface area contributed by atoms with Crippen LogP contribution in [0.4, 0.5) is 0 Å². The summed E-state index contributed by atoms with van der Waals surface area (Å²) in [6.07, 6.45) is 9.47. The van der Waals surface area contributed by atoms with E-state index in [1.165, 1.54) is 32.1 Å². The standard InChI is InChI=1S/C12H25NS/c1-10(13-9-11(2)14-3)8-12-6-4-5-7-12/h10-13H,4-9H2,1-3H3. The first-order chi connectivity index (χ1) is 6.72. The summed E-state index contributed by atoms with van der Waals surface area (Å²) in [5.41, 5.74) is 0. The number of hydrogen-bond acceptors (Lipinski definition) is 2. The van der Waals surface area contributed by atoms with Gasteiger partial charge in [0.1, 0.15) is 0 Å². The van der Waals surface area contributed by atoms with Crippen LogP contribution in [0.2, 0.25) is 0 Å². The molecule has 0 heterocycles. The SMILES string of the molecule is CSC(C)CNC(C)CC1CCCC1. The lowest BCUT2D eigenvalue weighted by molar-refractivity contribution is 0.407. The molecule has 0 saturated heterocycles. The van der Waals surface area contributed by atoms with Crippen LogP contribution in [0.5, 0.6) is 0 Å². The number of rotatable bonds is 6. The summed E-state index contributed by atoms with van der Waals surface area (Å²) < 4.78 is 0. The van der Waals surface area contributed by atoms with E-state index < -0.39 is 0 Å². The molecular weight excluding hydrogens is 190 g/mol. The summed E-state index contributed by atoms with van der Waals surface area (Å²) in [5.74, 6) is 1.02. The van der Waals surface area contributed by atoms with Crippen LogP contribution in [-0.4, -0.2) is 24.1 Å². The minimum Gasteiger partial charge on any atom is -0.313 e. The predicted octanol–water partition coefficient (Wildman–Crippen LogP) is 3.30. The lowest BCUT2D eigenvalue weighted by atomic mass is 9.99. The van der Waals surface area contributed by atoms with Crippen molar-refractivity contribution >= 4 is 11.8 Å². The van der Waals surface area contributed by atoms with Gasteiger partial charge in [-0.1, -0.05) is 32.6 Å². The van der Waals surface area contributed by atoms with Gasteiger partial charge in [-0.2, -0.15) is 11.8 Å². The average Bonchev–Trinajstić information content (AvgIpc) is 2.66. The molecule has 1 nitrogen and oxygen atoms in total. The van der Waals surface area contributed by atoms with Gasteiger partial charge in [-0.3, -0.25) is 0 Å². The van der Waals surface area contributed by atoms with Crippen molar-refractivity contribution in [3.63, 3.8) is 0 Å². The van der Waals surface area contributed by atoms with E-state index in [1.807, 2.05) is 11.8 Å². The van der Waals surface area contributed by atoms with Gasteiger partial charge in [0.2, 0.25) is 0 Å². The summed E-state index contributed by atoms with van der Waals surface area (Å²) in [6, 6.07) is 0.715. The van der Waals surface area contributed by atoms with E-state index in [1.54, 1.807) is 0 Å². The third-order valence-corrected chi connectivity index (χ3v) is 4.29. The molecule has 1 saturated carbocycles. The van der Waals surface area contributed by atoms with Gasteiger partial charge < -0.3 is 5.32 Å². The van der Waals surface area contributed by atoms with E-state index in [0.717, 1.165) is 17.7 Å². The Hall–Kier alpha value is 0.310. The van der Waals surface area contributed by atoms with Gasteiger partial charge in [-0.15, -0.1) is 0 Å². The van der Waals surface area contributed by atoms with Crippen molar-refractivity contribution < 1.29 is 0 Å². The van der Waals surface area contributed by atoms with Gasteiger partial charge in [-0.25, -0.2) is 0 Å². The zero-order valence-electron chi connectivity index (χ0n) is 9.88. The molecule has 0 amide bonds. The Bertz CT molecular complexity index is 143. The van der Waals surface area contributed by atoms with Gasteiger partial charge >= 0.3 is 0 Å². The largest absolute Gasteiger partial charge is 0.313 e. The Kier molecular flexibility index (Phi) is 5.95. The van der Waals surface area contributed by atoms with E-state index in [0.29, 0.717) is 6.04 Å². The maximum Gasteiger partial charge on any atom is 0.0141 e. The molecule has 0 aliphatic heterocycles. The van der Waals surface area contributed by atoms with Gasteiger partial charge in [0, 0.05) is 17.8 Å². The fourth-order valence-corrected chi connectivity index (χ4v) is 2.54. The quantitative estimate of drug-likeness (QED) is 0.729. The fraction of sp³-hybridized carbons (Fsp3) is 1.00. The Balaban J connectivity index is 2.05. The zero-order chi connectivity index (χ0) is 10.4. The molecule has 2 unspecified atom stereocenters. The van der Waals surface area contributed by atoms with Crippen molar-refractivity contribution in [2.45, 2.75) is 57.2 Å². The summed E-state index contributed by atoms with van der Waals surface area (Å²) in [6.45, 7) is 5.79. The van der Waals surface area contributed by atoms with E-state index in [9.17, 15) is 0 Å². The van der Waals surface area contributed by atoms with Crippen molar-refractivity contribution in [1.82, 2.24) is 5.32 Å². The third-order valence-electron chi connectivity index (χ3n) is 3.32. The van der Waals surface area contributed by atoms with Crippen LogP contribution in [0.25, 0.3) is 0 Å². The molecule has 1 N–H and O–H groups in total. The normalized spacial score (nSPS) is 22.5. The molecular formula is C12H25NS. The van der Waals surface area contributed by atoms with Gasteiger partial charge in [-0.05, 0) is 25.5 Å². The van der Waals surface area contributed by atoms with Crippen LogP contribution in [-0.2, 0) is 0 Å². The van der Waals surface area contributed by atoms with E-state index in [-0.39, 0.29) is 0 Å². The van der Waals surface area contributed by atoms with Crippen LogP contribution in [0.3, 0.4) is 0 Å². The topological polar surface area (TPSA) is 12.0 Å². The smallest absolute Gasteiger partial charge is 0.0141 e. The van der Waals surface area contributed by atoms with E-state index in [2.05, 4.69) is 25.4 Å². The van der Waals surface area contributed by atoms with Crippen LogP contribution in [0.1, 0.15) is 46.0 Å². The summed E-state index contributed by atoms with van der Waals surface area (Å²) in [4.78, 5) is 0. The molecule has 2 atom stereocenters. The third kappa shape index (κ3) is 4.70. The summed E-state index contributed by atoms with van der Waals surface area (Å²) in [7, 11) is 0. The van der Waals surface area contributed by atoms with Crippen LogP contribution >= 0.6 is 11.8 Å². The van der Waals surface area contributed by atoms with E-state index >= 15 is 0 Å². The highest BCUT2D eigenvalue weighted by Gasteiger charge is 2.17. The Morgan fingerprint density at radius 1 is 1.29 bits per heavy atom. The molecule has 0 radical (unpaired) electrons. The number of hydrogen-bond donors (Lipinski definition) is 1. The first-order valence-corrected chi connectivity index (χ1v) is 7.27. The first-order valence-electron chi connectivity index (χ1n) is 5.98. The second-order valence-electron chi connectivity index (χ2n) is 4.74. The second kappa shape index (κ2) is 6.73. The molecule has 1 aliphatic carbocycles. The maximum absolute atomic E-state index is 3.64. The zero-order valence-corrected chi connectivity index (χ0v) is 10.7. The Morgan fingerprint density at radius 3 is 2.50 bits per heavy atom. The van der Waals surface area contributed by atoms with E-state index in [4.69, 9.17) is 0 Å². The highest BCUT2D eigenvalue weighted by Crippen LogP contribution is 2.28. The molecule has 0 aromatic heterocycles. The summed E-state index contributed by atoms with van der Waals surface area (Å²) in [5, 5.41) is 4.39. The number of thioether (sulfide) groups is 1. The van der Waals surface area contributed by atoms with Gasteiger partial charge in [0.15, 0.2) is 0 Å². The molecule has 84 valence electrons. The molecule has 0 aromatic rings. The van der Waals surface area contributed by atoms with Crippen LogP contribution in [0.15, 0.2) is 0 Å². The molecule has 1 aliphatic rings. The summed E-state index contributed by atoms with van der Waals surface area (Å²) >= 11 is 1.95. The van der Waals surface area contributed by atoms with Crippen molar-refractivity contribution in [2.24, 2.45) is 5.92 Å². The highest BCUT2D eigenvalue weighted by molar-refractivity contribution is 7.99. The lowest BCUT2D eigenvalue weighted by Gasteiger charge is -2.19. The fourth-order valence-electron chi connectivity index (χ4n) is 2.28. The molecule has 0 aromatic carbocycles. The molecule has 1 rings (SSSR count). The van der Waals surface area contributed by atoms with Crippen LogP contribution < -0.4 is 5.32 Å². The van der Waals surface area contributed by atoms with Crippen molar-refractivity contribution in [2.75, 3.05) is 12.8 Å². The highest BCUT2D eigenvalue weighted by atomic mass is 32.2. The van der Waals surface area contributed by atoms with Gasteiger partial charge in [0.25, 0.3) is 0 Å². The Labute approximate surface area is 93.4 Å². The lowest BCUT2D eigenvalue weighted by Crippen LogP contribution is -2.32. The molecule has 0 bridgehead atoms. The minimum absolute atomic E-state index is 0.715. The predicted molar refractivity (Wildman–Crippen MR) is 67.0 cm³/mol. The molecule has 0 spiro atoms. The number of nitrogens with one attached hydrogen (secondary N) is 1. The minimum atomic E-state index is 0.715. The van der Waals surface area contributed by atoms with Crippen molar-refractivity contribution in [3.05, 3.63) is 0 Å². The average molecular weight is 215 g/mol. The molecule has 2 heteroatoms. The van der Waals surface area contributed by atoms with Gasteiger partial charge in [0.05, 0.1) is 0 Å². The van der Waals surface area contributed by atoms with Crippen molar-refractivity contribution in [3.8, 4) is 0 Å². The Morgan fingerprint density at radius 2 is 1.93 bits per heavy atom. The van der Waals surface area contributed by atoms with Crippen molar-refractivity contribution in [1.29, 1.82) is 0 Å².